The van der Waals surface area contributed by atoms with Gasteiger partial charge in [-0.1, -0.05) is 25.0 Å². The monoisotopic (exact) mass is 339 g/mol. The molecule has 1 aliphatic carbocycles. The molecule has 132 valence electrons. The fourth-order valence-electron chi connectivity index (χ4n) is 4.41. The topological polar surface area (TPSA) is 53.7 Å². The van der Waals surface area contributed by atoms with Crippen LogP contribution in [-0.4, -0.2) is 20.3 Å². The molecule has 1 heterocycles. The molecule has 2 aliphatic rings. The number of fused-ring (bicyclic) bond motifs is 3. The summed E-state index contributed by atoms with van der Waals surface area (Å²) in [6.45, 7) is 0. The van der Waals surface area contributed by atoms with Crippen LogP contribution in [0.3, 0.4) is 0 Å². The molecule has 1 aliphatic heterocycles. The Balaban J connectivity index is 1.93. The average molecular weight is 339 g/mol. The first-order chi connectivity index (χ1) is 12.2. The van der Waals surface area contributed by atoms with Gasteiger partial charge >= 0.3 is 0 Å². The van der Waals surface area contributed by atoms with E-state index in [-0.39, 0.29) is 12.2 Å². The molecule has 0 saturated heterocycles. The summed E-state index contributed by atoms with van der Waals surface area (Å²) in [7, 11) is 3.45. The highest BCUT2D eigenvalue weighted by molar-refractivity contribution is 5.57. The number of anilines is 1. The molecule has 2 N–H and O–H groups in total. The Hall–Kier alpha value is -2.20. The largest absolute Gasteiger partial charge is 0.496 e. The van der Waals surface area contributed by atoms with Crippen molar-refractivity contribution in [1.82, 2.24) is 0 Å². The van der Waals surface area contributed by atoms with Gasteiger partial charge in [0.25, 0.3) is 0 Å². The number of nitrogens with two attached hydrogens (primary N) is 1. The Kier molecular flexibility index (Phi) is 4.30. The zero-order valence-corrected chi connectivity index (χ0v) is 14.8. The maximum absolute atomic E-state index is 6.61. The van der Waals surface area contributed by atoms with E-state index >= 15 is 0 Å². The van der Waals surface area contributed by atoms with Crippen LogP contribution in [0.5, 0.6) is 11.5 Å². The Morgan fingerprint density at radius 1 is 0.960 bits per heavy atom. The molecule has 1 fully saturated rings. The standard InChI is InChI=1S/C21H25NO3/c1-23-17-10-11-18(24-2)20-19(17)15-8-3-4-9-16(15)25-21(20)13-6-5-7-14(22)12-13/h5-7,10-12,15-16,21H,3-4,8-9,22H2,1-2H3. The average Bonchev–Trinajstić information content (AvgIpc) is 2.66. The van der Waals surface area contributed by atoms with Gasteiger partial charge < -0.3 is 19.9 Å². The summed E-state index contributed by atoms with van der Waals surface area (Å²) in [6.07, 6.45) is 4.70. The summed E-state index contributed by atoms with van der Waals surface area (Å²) in [5.74, 6) is 2.16. The summed E-state index contributed by atoms with van der Waals surface area (Å²) in [4.78, 5) is 0. The zero-order valence-electron chi connectivity index (χ0n) is 14.8. The lowest BCUT2D eigenvalue weighted by Gasteiger charge is -2.42. The molecule has 0 amide bonds. The molecular weight excluding hydrogens is 314 g/mol. The van der Waals surface area contributed by atoms with Gasteiger partial charge in [-0.15, -0.1) is 0 Å². The van der Waals surface area contributed by atoms with Gasteiger partial charge in [-0.2, -0.15) is 0 Å². The minimum atomic E-state index is -0.178. The Morgan fingerprint density at radius 3 is 2.40 bits per heavy atom. The van der Waals surface area contributed by atoms with Crippen molar-refractivity contribution < 1.29 is 14.2 Å². The van der Waals surface area contributed by atoms with Crippen LogP contribution >= 0.6 is 0 Å². The lowest BCUT2D eigenvalue weighted by molar-refractivity contribution is -0.0406. The number of ether oxygens (including phenoxy) is 3. The third-order valence-corrected chi connectivity index (χ3v) is 5.51. The molecule has 0 radical (unpaired) electrons. The van der Waals surface area contributed by atoms with E-state index in [9.17, 15) is 0 Å². The van der Waals surface area contributed by atoms with Crippen LogP contribution < -0.4 is 15.2 Å². The van der Waals surface area contributed by atoms with Crippen LogP contribution in [0.25, 0.3) is 0 Å². The molecule has 25 heavy (non-hydrogen) atoms. The van der Waals surface area contributed by atoms with E-state index in [0.717, 1.165) is 41.2 Å². The van der Waals surface area contributed by atoms with Crippen LogP contribution in [0.4, 0.5) is 5.69 Å². The fourth-order valence-corrected chi connectivity index (χ4v) is 4.41. The van der Waals surface area contributed by atoms with Gasteiger partial charge in [-0.3, -0.25) is 0 Å². The Morgan fingerprint density at radius 2 is 1.68 bits per heavy atom. The number of rotatable bonds is 3. The Labute approximate surface area is 148 Å². The van der Waals surface area contributed by atoms with Crippen LogP contribution in [-0.2, 0) is 4.74 Å². The fraction of sp³-hybridized carbons (Fsp3) is 0.429. The van der Waals surface area contributed by atoms with Gasteiger partial charge in [0.1, 0.15) is 17.6 Å². The number of hydrogen-bond acceptors (Lipinski definition) is 4. The molecule has 0 spiro atoms. The molecule has 3 unspecified atom stereocenters. The van der Waals surface area contributed by atoms with Crippen molar-refractivity contribution in [3.8, 4) is 11.5 Å². The van der Waals surface area contributed by atoms with Crippen LogP contribution in [0.15, 0.2) is 36.4 Å². The van der Waals surface area contributed by atoms with Gasteiger partial charge in [0.2, 0.25) is 0 Å². The molecule has 4 nitrogen and oxygen atoms in total. The van der Waals surface area contributed by atoms with E-state index in [1.54, 1.807) is 14.2 Å². The van der Waals surface area contributed by atoms with Crippen LogP contribution in [0.1, 0.15) is 54.4 Å². The van der Waals surface area contributed by atoms with Crippen molar-refractivity contribution in [3.63, 3.8) is 0 Å². The third-order valence-electron chi connectivity index (χ3n) is 5.51. The second kappa shape index (κ2) is 6.60. The van der Waals surface area contributed by atoms with Crippen molar-refractivity contribution >= 4 is 5.69 Å². The molecule has 0 aromatic heterocycles. The number of nitrogen functional groups attached to an aromatic ring is 1. The summed E-state index contributed by atoms with van der Waals surface area (Å²) >= 11 is 0. The highest BCUT2D eigenvalue weighted by Crippen LogP contribution is 2.52. The lowest BCUT2D eigenvalue weighted by atomic mass is 9.75. The summed E-state index contributed by atoms with van der Waals surface area (Å²) < 4.78 is 18.0. The maximum atomic E-state index is 6.61. The van der Waals surface area contributed by atoms with Crippen LogP contribution in [0.2, 0.25) is 0 Å². The normalized spacial score (nSPS) is 25.0. The first kappa shape index (κ1) is 16.3. The quantitative estimate of drug-likeness (QED) is 0.841. The molecule has 2 aromatic rings. The van der Waals surface area contributed by atoms with Crippen molar-refractivity contribution in [1.29, 1.82) is 0 Å². The first-order valence-electron chi connectivity index (χ1n) is 8.98. The molecule has 1 saturated carbocycles. The number of hydrogen-bond donors (Lipinski definition) is 1. The van der Waals surface area contributed by atoms with Crippen molar-refractivity contribution in [2.45, 2.75) is 43.8 Å². The van der Waals surface area contributed by atoms with E-state index < -0.39 is 0 Å². The van der Waals surface area contributed by atoms with E-state index in [1.807, 2.05) is 30.3 Å². The Bertz CT molecular complexity index is 774. The summed E-state index contributed by atoms with van der Waals surface area (Å²) in [5, 5.41) is 0. The first-order valence-corrected chi connectivity index (χ1v) is 8.98. The number of methoxy groups -OCH3 is 2. The van der Waals surface area contributed by atoms with Crippen molar-refractivity contribution in [3.05, 3.63) is 53.1 Å². The minimum absolute atomic E-state index is 0.178. The van der Waals surface area contributed by atoms with Crippen molar-refractivity contribution in [2.24, 2.45) is 0 Å². The second-order valence-corrected chi connectivity index (χ2v) is 6.91. The van der Waals surface area contributed by atoms with E-state index in [2.05, 4.69) is 6.07 Å². The third kappa shape index (κ3) is 2.74. The van der Waals surface area contributed by atoms with Gasteiger partial charge in [0, 0.05) is 22.7 Å². The summed E-state index contributed by atoms with van der Waals surface area (Å²) in [5.41, 5.74) is 10.2. The predicted octanol–water partition coefficient (Wildman–Crippen LogP) is 4.43. The van der Waals surface area contributed by atoms with E-state index in [0.29, 0.717) is 5.92 Å². The van der Waals surface area contributed by atoms with Gasteiger partial charge in [0.05, 0.1) is 20.3 Å². The van der Waals surface area contributed by atoms with E-state index in [4.69, 9.17) is 19.9 Å². The van der Waals surface area contributed by atoms with Gasteiger partial charge in [0.15, 0.2) is 0 Å². The SMILES string of the molecule is COc1ccc(OC)c2c1C(c1cccc(N)c1)OC1CCCCC21. The zero-order chi connectivity index (χ0) is 17.4. The van der Waals surface area contributed by atoms with Crippen molar-refractivity contribution in [2.75, 3.05) is 20.0 Å². The van der Waals surface area contributed by atoms with E-state index in [1.165, 1.54) is 18.4 Å². The summed E-state index contributed by atoms with van der Waals surface area (Å²) in [6, 6.07) is 11.9. The molecule has 0 bridgehead atoms. The second-order valence-electron chi connectivity index (χ2n) is 6.91. The van der Waals surface area contributed by atoms with Gasteiger partial charge in [-0.25, -0.2) is 0 Å². The number of benzene rings is 2. The van der Waals surface area contributed by atoms with Gasteiger partial charge in [-0.05, 0) is 42.7 Å². The highest BCUT2D eigenvalue weighted by atomic mass is 16.5. The molecular formula is C21H25NO3. The smallest absolute Gasteiger partial charge is 0.125 e. The van der Waals surface area contributed by atoms with Crippen LogP contribution in [0, 0.1) is 0 Å². The lowest BCUT2D eigenvalue weighted by Crippen LogP contribution is -2.34. The minimum Gasteiger partial charge on any atom is -0.496 e. The maximum Gasteiger partial charge on any atom is 0.125 e. The predicted molar refractivity (Wildman–Crippen MR) is 98.3 cm³/mol. The molecule has 4 rings (SSSR count). The highest BCUT2D eigenvalue weighted by Gasteiger charge is 2.41. The molecule has 4 heteroatoms. The molecule has 3 atom stereocenters. The molecule has 2 aromatic carbocycles.